The van der Waals surface area contributed by atoms with E-state index in [1.165, 1.54) is 0 Å². The van der Waals surface area contributed by atoms with Crippen LogP contribution in [-0.4, -0.2) is 32.1 Å². The first-order valence-corrected chi connectivity index (χ1v) is 5.59. The van der Waals surface area contributed by atoms with Crippen LogP contribution in [0.5, 0.6) is 0 Å². The summed E-state index contributed by atoms with van der Waals surface area (Å²) >= 11 is 6.01. The molecule has 1 aromatic carbocycles. The van der Waals surface area contributed by atoms with Gasteiger partial charge in [-0.05, 0) is 45.3 Å². The molecule has 16 heavy (non-hydrogen) atoms. The van der Waals surface area contributed by atoms with Crippen molar-refractivity contribution in [1.29, 1.82) is 5.26 Å². The van der Waals surface area contributed by atoms with Gasteiger partial charge in [0, 0.05) is 6.54 Å². The molecule has 0 aromatic heterocycles. The highest BCUT2D eigenvalue weighted by Gasteiger charge is 2.01. The molecule has 0 unspecified atom stereocenters. The summed E-state index contributed by atoms with van der Waals surface area (Å²) in [4.78, 5) is 2.13. The zero-order valence-electron chi connectivity index (χ0n) is 9.63. The molecule has 86 valence electrons. The Morgan fingerprint density at radius 2 is 2.19 bits per heavy atom. The van der Waals surface area contributed by atoms with Gasteiger partial charge in [0.25, 0.3) is 0 Å². The van der Waals surface area contributed by atoms with Gasteiger partial charge in [0.15, 0.2) is 0 Å². The molecule has 0 aliphatic rings. The van der Waals surface area contributed by atoms with Gasteiger partial charge in [0.05, 0.1) is 22.3 Å². The van der Waals surface area contributed by atoms with E-state index in [9.17, 15) is 0 Å². The monoisotopic (exact) mass is 237 g/mol. The second-order valence-electron chi connectivity index (χ2n) is 3.89. The Hall–Kier alpha value is -1.24. The van der Waals surface area contributed by atoms with Crippen LogP contribution in [0.2, 0.25) is 5.02 Å². The zero-order valence-corrected chi connectivity index (χ0v) is 10.4. The van der Waals surface area contributed by atoms with Crippen molar-refractivity contribution in [2.75, 3.05) is 32.5 Å². The number of nitrogens with one attached hydrogen (secondary N) is 1. The second kappa shape index (κ2) is 6.37. The zero-order chi connectivity index (χ0) is 12.0. The van der Waals surface area contributed by atoms with Gasteiger partial charge in [-0.1, -0.05) is 11.6 Å². The first-order valence-electron chi connectivity index (χ1n) is 5.21. The van der Waals surface area contributed by atoms with E-state index in [-0.39, 0.29) is 0 Å². The van der Waals surface area contributed by atoms with Crippen LogP contribution >= 0.6 is 11.6 Å². The van der Waals surface area contributed by atoms with Crippen molar-refractivity contribution in [1.82, 2.24) is 4.90 Å². The fraction of sp³-hybridized carbons (Fsp3) is 0.417. The number of benzene rings is 1. The summed E-state index contributed by atoms with van der Waals surface area (Å²) in [6.45, 7) is 1.88. The third kappa shape index (κ3) is 4.09. The topological polar surface area (TPSA) is 39.1 Å². The first kappa shape index (κ1) is 12.8. The van der Waals surface area contributed by atoms with Crippen LogP contribution < -0.4 is 5.32 Å². The third-order valence-corrected chi connectivity index (χ3v) is 2.52. The van der Waals surface area contributed by atoms with Gasteiger partial charge in [0.2, 0.25) is 0 Å². The molecule has 0 aliphatic heterocycles. The van der Waals surface area contributed by atoms with Gasteiger partial charge < -0.3 is 10.2 Å². The van der Waals surface area contributed by atoms with Crippen LogP contribution in [-0.2, 0) is 0 Å². The minimum atomic E-state index is 0.625. The molecule has 1 aromatic rings. The summed E-state index contributed by atoms with van der Waals surface area (Å²) in [6, 6.07) is 7.33. The van der Waals surface area contributed by atoms with E-state index in [0.29, 0.717) is 10.6 Å². The second-order valence-corrected chi connectivity index (χ2v) is 4.30. The Labute approximate surface area is 102 Å². The largest absolute Gasteiger partial charge is 0.384 e. The number of nitrogens with zero attached hydrogens (tertiary/aromatic N) is 2. The van der Waals surface area contributed by atoms with Gasteiger partial charge in [-0.25, -0.2) is 0 Å². The number of hydrogen-bond acceptors (Lipinski definition) is 3. The van der Waals surface area contributed by atoms with Crippen molar-refractivity contribution >= 4 is 17.3 Å². The summed E-state index contributed by atoms with van der Waals surface area (Å²) in [7, 11) is 4.09. The van der Waals surface area contributed by atoms with Crippen LogP contribution in [0.3, 0.4) is 0 Å². The van der Waals surface area contributed by atoms with E-state index in [1.807, 2.05) is 14.1 Å². The Balaban J connectivity index is 2.50. The van der Waals surface area contributed by atoms with Gasteiger partial charge in [-0.3, -0.25) is 0 Å². The lowest BCUT2D eigenvalue weighted by Gasteiger charge is -2.11. The lowest BCUT2D eigenvalue weighted by atomic mass is 10.2. The molecule has 0 heterocycles. The van der Waals surface area contributed by atoms with Crippen molar-refractivity contribution < 1.29 is 0 Å². The van der Waals surface area contributed by atoms with E-state index in [1.54, 1.807) is 18.2 Å². The minimum Gasteiger partial charge on any atom is -0.384 e. The smallest absolute Gasteiger partial charge is 0.0992 e. The predicted molar refractivity (Wildman–Crippen MR) is 67.8 cm³/mol. The maximum absolute atomic E-state index is 8.77. The number of nitriles is 1. The molecule has 0 spiro atoms. The number of anilines is 1. The predicted octanol–water partition coefficient (Wildman–Crippen LogP) is 2.58. The van der Waals surface area contributed by atoms with Gasteiger partial charge in [0.1, 0.15) is 0 Å². The van der Waals surface area contributed by atoms with Crippen molar-refractivity contribution in [3.05, 3.63) is 28.8 Å². The van der Waals surface area contributed by atoms with Crippen molar-refractivity contribution in [3.63, 3.8) is 0 Å². The van der Waals surface area contributed by atoms with Crippen LogP contribution in [0.1, 0.15) is 12.0 Å². The average molecular weight is 238 g/mol. The Morgan fingerprint density at radius 3 is 2.81 bits per heavy atom. The summed E-state index contributed by atoms with van der Waals surface area (Å²) in [5, 5.41) is 12.7. The highest BCUT2D eigenvalue weighted by Crippen LogP contribution is 2.22. The molecule has 3 nitrogen and oxygen atoms in total. The molecule has 0 saturated carbocycles. The number of halogens is 1. The molecule has 0 radical (unpaired) electrons. The van der Waals surface area contributed by atoms with Crippen molar-refractivity contribution in [2.45, 2.75) is 6.42 Å². The molecular formula is C12H16ClN3. The molecule has 1 N–H and O–H groups in total. The van der Waals surface area contributed by atoms with Crippen LogP contribution in [0.25, 0.3) is 0 Å². The molecule has 0 saturated heterocycles. The van der Waals surface area contributed by atoms with Crippen molar-refractivity contribution in [3.8, 4) is 6.07 Å². The summed E-state index contributed by atoms with van der Waals surface area (Å²) in [5.41, 5.74) is 1.46. The lowest BCUT2D eigenvalue weighted by molar-refractivity contribution is 0.405. The highest BCUT2D eigenvalue weighted by molar-refractivity contribution is 6.33. The SMILES string of the molecule is CN(C)CCCNc1cc(C#N)ccc1Cl. The Bertz CT molecular complexity index is 382. The fourth-order valence-corrected chi connectivity index (χ4v) is 1.53. The molecule has 0 atom stereocenters. The number of hydrogen-bond donors (Lipinski definition) is 1. The Morgan fingerprint density at radius 1 is 1.44 bits per heavy atom. The average Bonchev–Trinajstić information content (AvgIpc) is 2.26. The van der Waals surface area contributed by atoms with Crippen LogP contribution in [0.4, 0.5) is 5.69 Å². The summed E-state index contributed by atoms with van der Waals surface area (Å²) in [5.74, 6) is 0. The molecular weight excluding hydrogens is 222 g/mol. The maximum Gasteiger partial charge on any atom is 0.0992 e. The van der Waals surface area contributed by atoms with Crippen LogP contribution in [0, 0.1) is 11.3 Å². The molecule has 4 heteroatoms. The highest BCUT2D eigenvalue weighted by atomic mass is 35.5. The minimum absolute atomic E-state index is 0.625. The van der Waals surface area contributed by atoms with E-state index < -0.39 is 0 Å². The number of rotatable bonds is 5. The lowest BCUT2D eigenvalue weighted by Crippen LogP contribution is -2.16. The van der Waals surface area contributed by atoms with Gasteiger partial charge in [-0.15, -0.1) is 0 Å². The van der Waals surface area contributed by atoms with E-state index in [2.05, 4.69) is 16.3 Å². The van der Waals surface area contributed by atoms with E-state index in [4.69, 9.17) is 16.9 Å². The first-order chi connectivity index (χ1) is 7.63. The van der Waals surface area contributed by atoms with Crippen molar-refractivity contribution in [2.24, 2.45) is 0 Å². The molecule has 0 aliphatic carbocycles. The van der Waals surface area contributed by atoms with E-state index >= 15 is 0 Å². The quantitative estimate of drug-likeness (QED) is 0.801. The normalized spacial score (nSPS) is 10.2. The Kier molecular flexibility index (Phi) is 5.10. The van der Waals surface area contributed by atoms with E-state index in [0.717, 1.165) is 25.2 Å². The fourth-order valence-electron chi connectivity index (χ4n) is 1.35. The summed E-state index contributed by atoms with van der Waals surface area (Å²) in [6.07, 6.45) is 1.04. The molecule has 0 bridgehead atoms. The van der Waals surface area contributed by atoms with Gasteiger partial charge >= 0.3 is 0 Å². The van der Waals surface area contributed by atoms with Gasteiger partial charge in [-0.2, -0.15) is 5.26 Å². The summed E-state index contributed by atoms with van der Waals surface area (Å²) < 4.78 is 0. The van der Waals surface area contributed by atoms with Crippen LogP contribution in [0.15, 0.2) is 18.2 Å². The molecule has 0 amide bonds. The molecule has 0 fully saturated rings. The molecule has 1 rings (SSSR count). The standard InChI is InChI=1S/C12H16ClN3/c1-16(2)7-3-6-15-12-8-10(9-14)4-5-11(12)13/h4-5,8,15H,3,6-7H2,1-2H3. The maximum atomic E-state index is 8.77. The third-order valence-electron chi connectivity index (χ3n) is 2.19.